The lowest BCUT2D eigenvalue weighted by molar-refractivity contribution is -0.286. The van der Waals surface area contributed by atoms with Crippen LogP contribution in [0.25, 0.3) is 0 Å². The fourth-order valence-electron chi connectivity index (χ4n) is 2.33. The molecule has 0 saturated carbocycles. The highest BCUT2D eigenvalue weighted by Gasteiger charge is 2.43. The molecule has 0 saturated heterocycles. The maximum absolute atomic E-state index is 12.9. The van der Waals surface area contributed by atoms with Crippen molar-refractivity contribution in [2.45, 2.75) is 33.0 Å². The maximum atomic E-state index is 12.9. The lowest BCUT2D eigenvalue weighted by atomic mass is 10.2. The number of amides is 1. The molecule has 0 atom stereocenters. The van der Waals surface area contributed by atoms with E-state index in [1.807, 2.05) is 0 Å². The Bertz CT molecular complexity index is 532. The third-order valence-electron chi connectivity index (χ3n) is 3.13. The van der Waals surface area contributed by atoms with Crippen LogP contribution in [-0.2, 0) is 4.79 Å². The number of fused-ring (bicyclic) bond motifs is 1. The molecular formula is C15H20F2N2O3. The average Bonchev–Trinajstić information content (AvgIpc) is 2.72. The second kappa shape index (κ2) is 6.91. The zero-order valence-corrected chi connectivity index (χ0v) is 12.7. The highest BCUT2D eigenvalue weighted by Crippen LogP contribution is 2.42. The van der Waals surface area contributed by atoms with Crippen LogP contribution in [0.4, 0.5) is 14.5 Å². The molecule has 0 unspecified atom stereocenters. The van der Waals surface area contributed by atoms with E-state index < -0.39 is 6.29 Å². The van der Waals surface area contributed by atoms with Gasteiger partial charge in [-0.3, -0.25) is 9.69 Å². The van der Waals surface area contributed by atoms with Crippen LogP contribution in [0.2, 0.25) is 0 Å². The molecule has 0 aromatic heterocycles. The Labute approximate surface area is 128 Å². The summed E-state index contributed by atoms with van der Waals surface area (Å²) < 4.78 is 34.5. The number of nitrogens with zero attached hydrogens (tertiary/aromatic N) is 1. The second-order valence-electron chi connectivity index (χ2n) is 5.15. The predicted molar refractivity (Wildman–Crippen MR) is 78.3 cm³/mol. The van der Waals surface area contributed by atoms with Crippen LogP contribution in [0.15, 0.2) is 18.2 Å². The Hall–Kier alpha value is -1.89. The number of ether oxygens (including phenoxy) is 2. The van der Waals surface area contributed by atoms with Gasteiger partial charge in [-0.05, 0) is 38.1 Å². The number of nitrogens with one attached hydrogen (secondary N) is 1. The molecule has 1 N–H and O–H groups in total. The number of carbonyl (C=O) groups is 1. The van der Waals surface area contributed by atoms with Crippen molar-refractivity contribution in [1.82, 2.24) is 4.90 Å². The fourth-order valence-corrected chi connectivity index (χ4v) is 2.33. The summed E-state index contributed by atoms with van der Waals surface area (Å²) in [7, 11) is 0. The highest BCUT2D eigenvalue weighted by atomic mass is 19.3. The van der Waals surface area contributed by atoms with Gasteiger partial charge >= 0.3 is 6.29 Å². The standard InChI is InChI=1S/C15H20F2N2O3/c1-3-7-19(8-4-2)10-14(20)18-11-5-6-12-13(9-11)22-15(16,17)21-12/h5-6,9H,3-4,7-8,10H2,1-2H3,(H,18,20). The highest BCUT2D eigenvalue weighted by molar-refractivity contribution is 5.92. The number of alkyl halides is 2. The van der Waals surface area contributed by atoms with Crippen molar-refractivity contribution >= 4 is 11.6 Å². The quantitative estimate of drug-likeness (QED) is 0.840. The first-order chi connectivity index (χ1) is 10.4. The molecular weight excluding hydrogens is 294 g/mol. The first-order valence-electron chi connectivity index (χ1n) is 7.35. The lowest BCUT2D eigenvalue weighted by Crippen LogP contribution is -2.34. The third kappa shape index (κ3) is 4.30. The second-order valence-corrected chi connectivity index (χ2v) is 5.15. The molecule has 0 bridgehead atoms. The van der Waals surface area contributed by atoms with E-state index in [9.17, 15) is 13.6 Å². The molecule has 122 valence electrons. The summed E-state index contributed by atoms with van der Waals surface area (Å²) in [5.41, 5.74) is 0.401. The van der Waals surface area contributed by atoms with Gasteiger partial charge < -0.3 is 14.8 Å². The summed E-state index contributed by atoms with van der Waals surface area (Å²) in [6.45, 7) is 6.06. The summed E-state index contributed by atoms with van der Waals surface area (Å²) in [6.07, 6.45) is -1.72. The van der Waals surface area contributed by atoms with Crippen molar-refractivity contribution < 1.29 is 23.0 Å². The van der Waals surface area contributed by atoms with E-state index >= 15 is 0 Å². The molecule has 7 heteroatoms. The van der Waals surface area contributed by atoms with E-state index in [0.29, 0.717) is 5.69 Å². The number of hydrogen-bond acceptors (Lipinski definition) is 4. The van der Waals surface area contributed by atoms with E-state index in [1.165, 1.54) is 18.2 Å². The number of halogens is 2. The van der Waals surface area contributed by atoms with Crippen LogP contribution < -0.4 is 14.8 Å². The minimum absolute atomic E-state index is 0.0402. The monoisotopic (exact) mass is 314 g/mol. The molecule has 1 amide bonds. The summed E-state index contributed by atoms with van der Waals surface area (Å²) in [4.78, 5) is 14.1. The van der Waals surface area contributed by atoms with Crippen LogP contribution in [-0.4, -0.2) is 36.7 Å². The summed E-state index contributed by atoms with van der Waals surface area (Å²) >= 11 is 0. The predicted octanol–water partition coefficient (Wildman–Crippen LogP) is 3.07. The normalized spacial score (nSPS) is 15.1. The van der Waals surface area contributed by atoms with Crippen molar-refractivity contribution in [2.24, 2.45) is 0 Å². The van der Waals surface area contributed by atoms with Gasteiger partial charge in [0.2, 0.25) is 5.91 Å². The van der Waals surface area contributed by atoms with E-state index in [0.717, 1.165) is 25.9 Å². The van der Waals surface area contributed by atoms with Crippen LogP contribution in [0, 0.1) is 0 Å². The number of anilines is 1. The molecule has 0 radical (unpaired) electrons. The maximum Gasteiger partial charge on any atom is 0.586 e. The molecule has 1 heterocycles. The van der Waals surface area contributed by atoms with Gasteiger partial charge in [-0.1, -0.05) is 13.8 Å². The first-order valence-corrected chi connectivity index (χ1v) is 7.35. The van der Waals surface area contributed by atoms with Crippen molar-refractivity contribution in [3.63, 3.8) is 0 Å². The van der Waals surface area contributed by atoms with Gasteiger partial charge in [-0.15, -0.1) is 8.78 Å². The molecule has 5 nitrogen and oxygen atoms in total. The molecule has 22 heavy (non-hydrogen) atoms. The van der Waals surface area contributed by atoms with Gasteiger partial charge in [0.05, 0.1) is 6.54 Å². The average molecular weight is 314 g/mol. The van der Waals surface area contributed by atoms with Gasteiger partial charge in [-0.2, -0.15) is 0 Å². The van der Waals surface area contributed by atoms with Crippen molar-refractivity contribution in [1.29, 1.82) is 0 Å². The largest absolute Gasteiger partial charge is 0.586 e. The molecule has 0 fully saturated rings. The third-order valence-corrected chi connectivity index (χ3v) is 3.13. The Balaban J connectivity index is 1.95. The Morgan fingerprint density at radius 1 is 1.18 bits per heavy atom. The zero-order chi connectivity index (χ0) is 16.2. The topological polar surface area (TPSA) is 50.8 Å². The molecule has 1 aliphatic heterocycles. The van der Waals surface area contributed by atoms with Crippen molar-refractivity contribution in [2.75, 3.05) is 25.0 Å². The first kappa shape index (κ1) is 16.5. The zero-order valence-electron chi connectivity index (χ0n) is 12.7. The van der Waals surface area contributed by atoms with Crippen LogP contribution >= 0.6 is 0 Å². The van der Waals surface area contributed by atoms with Crippen LogP contribution in [0.3, 0.4) is 0 Å². The Morgan fingerprint density at radius 3 is 2.45 bits per heavy atom. The van der Waals surface area contributed by atoms with E-state index in [4.69, 9.17) is 0 Å². The minimum atomic E-state index is -3.65. The summed E-state index contributed by atoms with van der Waals surface area (Å²) in [6, 6.07) is 4.19. The number of hydrogen-bond donors (Lipinski definition) is 1. The molecule has 1 aromatic rings. The number of rotatable bonds is 7. The fraction of sp³-hybridized carbons (Fsp3) is 0.533. The molecule has 0 spiro atoms. The van der Waals surface area contributed by atoms with Gasteiger partial charge in [0, 0.05) is 11.8 Å². The molecule has 0 aliphatic carbocycles. The van der Waals surface area contributed by atoms with E-state index in [1.54, 1.807) is 0 Å². The summed E-state index contributed by atoms with van der Waals surface area (Å²) in [5, 5.41) is 2.69. The van der Waals surface area contributed by atoms with E-state index in [2.05, 4.69) is 33.5 Å². The van der Waals surface area contributed by atoms with Crippen LogP contribution in [0.1, 0.15) is 26.7 Å². The van der Waals surface area contributed by atoms with Gasteiger partial charge in [-0.25, -0.2) is 0 Å². The van der Waals surface area contributed by atoms with Crippen molar-refractivity contribution in [3.05, 3.63) is 18.2 Å². The molecule has 1 aliphatic rings. The van der Waals surface area contributed by atoms with Gasteiger partial charge in [0.15, 0.2) is 11.5 Å². The molecule has 2 rings (SSSR count). The Kier molecular flexibility index (Phi) is 5.18. The lowest BCUT2D eigenvalue weighted by Gasteiger charge is -2.20. The van der Waals surface area contributed by atoms with Crippen molar-refractivity contribution in [3.8, 4) is 11.5 Å². The summed E-state index contributed by atoms with van der Waals surface area (Å²) in [5.74, 6) is -0.309. The van der Waals surface area contributed by atoms with Gasteiger partial charge in [0.25, 0.3) is 0 Å². The van der Waals surface area contributed by atoms with Crippen LogP contribution in [0.5, 0.6) is 11.5 Å². The van der Waals surface area contributed by atoms with Gasteiger partial charge in [0.1, 0.15) is 0 Å². The van der Waals surface area contributed by atoms with E-state index in [-0.39, 0.29) is 24.0 Å². The number of benzene rings is 1. The molecule has 1 aromatic carbocycles. The smallest absolute Gasteiger partial charge is 0.395 e. The Morgan fingerprint density at radius 2 is 1.82 bits per heavy atom. The number of carbonyl (C=O) groups excluding carboxylic acids is 1. The minimum Gasteiger partial charge on any atom is -0.395 e. The SMILES string of the molecule is CCCN(CCC)CC(=O)Nc1ccc2c(c1)OC(F)(F)O2.